The molecular formula is C19H22N4O. The number of hydrogen-bond acceptors (Lipinski definition) is 4. The lowest BCUT2D eigenvalue weighted by molar-refractivity contribution is 0.104. The van der Waals surface area contributed by atoms with Gasteiger partial charge in [0.05, 0.1) is 25.1 Å². The van der Waals surface area contributed by atoms with Crippen molar-refractivity contribution < 1.29 is 4.74 Å². The Hall–Kier alpha value is -2.40. The third kappa shape index (κ3) is 2.65. The number of anilines is 1. The average molecular weight is 322 g/mol. The molecule has 0 N–H and O–H groups in total. The van der Waals surface area contributed by atoms with Crippen LogP contribution in [0.5, 0.6) is 0 Å². The molecule has 0 unspecified atom stereocenters. The summed E-state index contributed by atoms with van der Waals surface area (Å²) < 4.78 is 7.90. The highest BCUT2D eigenvalue weighted by Crippen LogP contribution is 2.32. The van der Waals surface area contributed by atoms with Gasteiger partial charge in [-0.2, -0.15) is 9.61 Å². The van der Waals surface area contributed by atoms with E-state index in [0.29, 0.717) is 19.3 Å². The zero-order valence-electron chi connectivity index (χ0n) is 14.1. The zero-order valence-corrected chi connectivity index (χ0v) is 14.1. The Morgan fingerprint density at radius 1 is 1.12 bits per heavy atom. The van der Waals surface area contributed by atoms with Crippen molar-refractivity contribution in [2.75, 3.05) is 11.4 Å². The van der Waals surface area contributed by atoms with E-state index in [1.165, 1.54) is 16.9 Å². The fourth-order valence-electron chi connectivity index (χ4n) is 3.36. The van der Waals surface area contributed by atoms with E-state index in [1.54, 1.807) is 0 Å². The zero-order chi connectivity index (χ0) is 16.5. The molecule has 3 aromatic rings. The van der Waals surface area contributed by atoms with Crippen LogP contribution in [0.3, 0.4) is 0 Å². The Labute approximate surface area is 141 Å². The van der Waals surface area contributed by atoms with Crippen molar-refractivity contribution in [2.24, 2.45) is 0 Å². The highest BCUT2D eigenvalue weighted by molar-refractivity contribution is 5.60. The van der Waals surface area contributed by atoms with Gasteiger partial charge in [-0.25, -0.2) is 4.98 Å². The summed E-state index contributed by atoms with van der Waals surface area (Å²) in [6, 6.07) is 12.7. The lowest BCUT2D eigenvalue weighted by Crippen LogP contribution is -2.30. The molecule has 1 aliphatic heterocycles. The van der Waals surface area contributed by atoms with Crippen molar-refractivity contribution in [1.29, 1.82) is 0 Å². The van der Waals surface area contributed by atoms with Gasteiger partial charge in [-0.3, -0.25) is 0 Å². The summed E-state index contributed by atoms with van der Waals surface area (Å²) in [6.07, 6.45) is 2.81. The third-order valence-corrected chi connectivity index (χ3v) is 4.54. The van der Waals surface area contributed by atoms with E-state index in [4.69, 9.17) is 9.72 Å². The predicted molar refractivity (Wildman–Crippen MR) is 94.1 cm³/mol. The molecule has 0 saturated carbocycles. The number of hydrogen-bond donors (Lipinski definition) is 0. The van der Waals surface area contributed by atoms with E-state index in [9.17, 15) is 0 Å². The van der Waals surface area contributed by atoms with Crippen LogP contribution in [0, 0.1) is 0 Å². The minimum Gasteiger partial charge on any atom is -0.370 e. The van der Waals surface area contributed by atoms with Crippen molar-refractivity contribution in [3.8, 4) is 0 Å². The van der Waals surface area contributed by atoms with Crippen LogP contribution in [0.25, 0.3) is 5.65 Å². The van der Waals surface area contributed by atoms with Crippen LogP contribution in [0.4, 0.5) is 5.82 Å². The van der Waals surface area contributed by atoms with Crippen LogP contribution in [0.1, 0.15) is 30.7 Å². The Bertz CT molecular complexity index is 841. The molecule has 0 amide bonds. The summed E-state index contributed by atoms with van der Waals surface area (Å²) in [5.74, 6) is 1.18. The molecular weight excluding hydrogens is 300 g/mol. The summed E-state index contributed by atoms with van der Waals surface area (Å²) in [5, 5.41) is 4.46. The molecule has 5 nitrogen and oxygen atoms in total. The average Bonchev–Trinajstić information content (AvgIpc) is 3.22. The van der Waals surface area contributed by atoms with Gasteiger partial charge in [0, 0.05) is 24.2 Å². The first-order valence-corrected chi connectivity index (χ1v) is 8.48. The second kappa shape index (κ2) is 6.24. The minimum atomic E-state index is 0.444. The monoisotopic (exact) mass is 322 g/mol. The van der Waals surface area contributed by atoms with Crippen LogP contribution >= 0.6 is 0 Å². The van der Waals surface area contributed by atoms with Crippen molar-refractivity contribution in [1.82, 2.24) is 14.6 Å². The predicted octanol–water partition coefficient (Wildman–Crippen LogP) is 3.22. The molecule has 3 heterocycles. The Morgan fingerprint density at radius 3 is 2.75 bits per heavy atom. The molecule has 0 bridgehead atoms. The lowest BCUT2D eigenvalue weighted by Gasteiger charge is -2.24. The maximum atomic E-state index is 5.94. The van der Waals surface area contributed by atoms with E-state index in [2.05, 4.69) is 36.0 Å². The summed E-state index contributed by atoms with van der Waals surface area (Å²) >= 11 is 0. The normalized spacial score (nSPS) is 13.9. The van der Waals surface area contributed by atoms with Crippen LogP contribution in [-0.4, -0.2) is 27.2 Å². The quantitative estimate of drug-likeness (QED) is 0.723. The van der Waals surface area contributed by atoms with Crippen molar-refractivity contribution in [2.45, 2.75) is 39.5 Å². The maximum absolute atomic E-state index is 5.94. The van der Waals surface area contributed by atoms with Crippen molar-refractivity contribution >= 4 is 11.5 Å². The highest BCUT2D eigenvalue weighted by Gasteiger charge is 2.28. The third-order valence-electron chi connectivity index (χ3n) is 4.54. The van der Waals surface area contributed by atoms with E-state index in [1.807, 2.05) is 35.0 Å². The first-order valence-electron chi connectivity index (χ1n) is 8.48. The van der Waals surface area contributed by atoms with Gasteiger partial charge in [0.1, 0.15) is 5.82 Å². The SMILES string of the molecule is CC(C)N1CCc2c(COCc3ccccc3)nc3ccnn3c21. The van der Waals surface area contributed by atoms with Gasteiger partial charge >= 0.3 is 0 Å². The molecule has 0 radical (unpaired) electrons. The van der Waals surface area contributed by atoms with Crippen LogP contribution in [-0.2, 0) is 24.4 Å². The second-order valence-corrected chi connectivity index (χ2v) is 6.48. The smallest absolute Gasteiger partial charge is 0.157 e. The molecule has 5 heteroatoms. The van der Waals surface area contributed by atoms with Gasteiger partial charge in [-0.1, -0.05) is 30.3 Å². The highest BCUT2D eigenvalue weighted by atomic mass is 16.5. The Kier molecular flexibility index (Phi) is 3.94. The first kappa shape index (κ1) is 15.1. The largest absolute Gasteiger partial charge is 0.370 e. The summed E-state index contributed by atoms with van der Waals surface area (Å²) in [7, 11) is 0. The number of nitrogens with zero attached hydrogens (tertiary/aromatic N) is 4. The molecule has 4 rings (SSSR count). The topological polar surface area (TPSA) is 42.7 Å². The number of ether oxygens (including phenoxy) is 1. The van der Waals surface area contributed by atoms with Gasteiger partial charge in [0.15, 0.2) is 5.65 Å². The van der Waals surface area contributed by atoms with E-state index in [0.717, 1.165) is 24.3 Å². The summed E-state index contributed by atoms with van der Waals surface area (Å²) in [5.41, 5.74) is 4.38. The molecule has 2 aromatic heterocycles. The maximum Gasteiger partial charge on any atom is 0.157 e. The standard InChI is InChI=1S/C19H22N4O/c1-14(2)22-11-9-16-17(13-24-12-15-6-4-3-5-7-15)21-18-8-10-20-23(18)19(16)22/h3-8,10,14H,9,11-13H2,1-2H3. The van der Waals surface area contributed by atoms with E-state index >= 15 is 0 Å². The van der Waals surface area contributed by atoms with Gasteiger partial charge in [0.25, 0.3) is 0 Å². The number of benzene rings is 1. The van der Waals surface area contributed by atoms with Crippen molar-refractivity contribution in [3.05, 3.63) is 59.4 Å². The summed E-state index contributed by atoms with van der Waals surface area (Å²) in [4.78, 5) is 7.18. The fraction of sp³-hybridized carbons (Fsp3) is 0.368. The van der Waals surface area contributed by atoms with E-state index < -0.39 is 0 Å². The molecule has 1 aromatic carbocycles. The Balaban J connectivity index is 1.62. The second-order valence-electron chi connectivity index (χ2n) is 6.48. The Morgan fingerprint density at radius 2 is 1.96 bits per heavy atom. The number of aromatic nitrogens is 3. The van der Waals surface area contributed by atoms with Gasteiger partial charge in [0.2, 0.25) is 0 Å². The first-order chi connectivity index (χ1) is 11.7. The lowest BCUT2D eigenvalue weighted by atomic mass is 10.2. The molecule has 0 fully saturated rings. The van der Waals surface area contributed by atoms with Crippen LogP contribution < -0.4 is 4.90 Å². The minimum absolute atomic E-state index is 0.444. The molecule has 1 aliphatic rings. The van der Waals surface area contributed by atoms with Crippen LogP contribution in [0.15, 0.2) is 42.6 Å². The summed E-state index contributed by atoms with van der Waals surface area (Å²) in [6.45, 7) is 6.59. The molecule has 0 aliphatic carbocycles. The molecule has 124 valence electrons. The van der Waals surface area contributed by atoms with Crippen molar-refractivity contribution in [3.63, 3.8) is 0 Å². The van der Waals surface area contributed by atoms with Gasteiger partial charge < -0.3 is 9.64 Å². The number of rotatable bonds is 5. The molecule has 0 atom stereocenters. The van der Waals surface area contributed by atoms with Crippen LogP contribution in [0.2, 0.25) is 0 Å². The van der Waals surface area contributed by atoms with Gasteiger partial charge in [-0.05, 0) is 25.8 Å². The molecule has 24 heavy (non-hydrogen) atoms. The van der Waals surface area contributed by atoms with E-state index in [-0.39, 0.29) is 0 Å². The molecule has 0 spiro atoms. The number of fused-ring (bicyclic) bond motifs is 3. The fourth-order valence-corrected chi connectivity index (χ4v) is 3.36. The molecule has 0 saturated heterocycles. The van der Waals surface area contributed by atoms with Gasteiger partial charge in [-0.15, -0.1) is 0 Å².